The summed E-state index contributed by atoms with van der Waals surface area (Å²) < 4.78 is 50.8. The Hall–Kier alpha value is -2.49. The Morgan fingerprint density at radius 1 is 1.10 bits per heavy atom. The van der Waals surface area contributed by atoms with Gasteiger partial charge < -0.3 is 14.8 Å². The van der Waals surface area contributed by atoms with E-state index in [2.05, 4.69) is 10.0 Å². The van der Waals surface area contributed by atoms with Crippen LogP contribution in [0.25, 0.3) is 0 Å². The van der Waals surface area contributed by atoms with Crippen LogP contribution in [0.3, 0.4) is 0 Å². The van der Waals surface area contributed by atoms with Gasteiger partial charge in [-0.3, -0.25) is 4.79 Å². The fourth-order valence-corrected chi connectivity index (χ4v) is 3.95. The Morgan fingerprint density at radius 2 is 1.76 bits per heavy atom. The molecule has 0 aliphatic rings. The van der Waals surface area contributed by atoms with Crippen LogP contribution in [0.15, 0.2) is 47.4 Å². The van der Waals surface area contributed by atoms with Gasteiger partial charge in [-0.1, -0.05) is 6.07 Å². The molecule has 0 heterocycles. The van der Waals surface area contributed by atoms with Gasteiger partial charge in [-0.2, -0.15) is 0 Å². The van der Waals surface area contributed by atoms with Crippen LogP contribution in [0.2, 0.25) is 0 Å². The Kier molecular flexibility index (Phi) is 7.72. The van der Waals surface area contributed by atoms with Gasteiger partial charge in [0, 0.05) is 18.7 Å². The van der Waals surface area contributed by atoms with Gasteiger partial charge in [0.05, 0.1) is 24.7 Å². The maximum absolute atomic E-state index is 13.9. The number of hydrogen-bond donors (Lipinski definition) is 2. The summed E-state index contributed by atoms with van der Waals surface area (Å²) in [6.07, 6.45) is 0. The van der Waals surface area contributed by atoms with E-state index in [1.54, 1.807) is 19.9 Å². The van der Waals surface area contributed by atoms with Crippen molar-refractivity contribution in [3.63, 3.8) is 0 Å². The number of nitrogens with one attached hydrogen (secondary N) is 2. The Bertz CT molecular complexity index is 948. The Morgan fingerprint density at radius 3 is 2.31 bits per heavy atom. The van der Waals surface area contributed by atoms with Gasteiger partial charge in [0.25, 0.3) is 5.91 Å². The van der Waals surface area contributed by atoms with E-state index in [9.17, 15) is 17.6 Å². The van der Waals surface area contributed by atoms with E-state index in [4.69, 9.17) is 9.47 Å². The number of benzene rings is 2. The van der Waals surface area contributed by atoms with E-state index in [-0.39, 0.29) is 22.8 Å². The van der Waals surface area contributed by atoms with Crippen LogP contribution in [0.5, 0.6) is 5.75 Å². The molecule has 29 heavy (non-hydrogen) atoms. The lowest BCUT2D eigenvalue weighted by atomic mass is 10.1. The second kappa shape index (κ2) is 9.82. The molecule has 158 valence electrons. The molecule has 0 saturated heterocycles. The van der Waals surface area contributed by atoms with Gasteiger partial charge in [-0.05, 0) is 55.8 Å². The molecule has 0 spiro atoms. The van der Waals surface area contributed by atoms with Gasteiger partial charge in [0.15, 0.2) is 11.6 Å². The van der Waals surface area contributed by atoms with E-state index in [0.29, 0.717) is 5.56 Å². The largest absolute Gasteiger partial charge is 0.494 e. The lowest BCUT2D eigenvalue weighted by molar-refractivity contribution is 0.0939. The van der Waals surface area contributed by atoms with E-state index < -0.39 is 33.8 Å². The Labute approximate surface area is 170 Å². The molecule has 7 nitrogen and oxygen atoms in total. The minimum absolute atomic E-state index is 0.0438. The number of ether oxygens (including phenoxy) is 2. The number of carbonyl (C=O) groups is 1. The number of carbonyl (C=O) groups excluding carboxylic acids is 1. The molecule has 0 bridgehead atoms. The monoisotopic (exact) mass is 424 g/mol. The molecule has 0 aliphatic heterocycles. The van der Waals surface area contributed by atoms with Crippen LogP contribution in [-0.2, 0) is 14.8 Å². The molecule has 0 saturated carbocycles. The first-order valence-electron chi connectivity index (χ1n) is 8.93. The number of methoxy groups -OCH3 is 2. The molecule has 0 aliphatic carbocycles. The average molecular weight is 424 g/mol. The molecule has 0 unspecified atom stereocenters. The standard InChI is InChI=1S/C20H25FN2O5S/c1-13(12-27-3)23-29(25,26)17-8-5-15(6-9-17)20(24)22-14(2)16-7-10-19(28-4)18(21)11-16/h5-11,13-14,23H,12H2,1-4H3,(H,22,24)/t13-,14-/m0/s1. The van der Waals surface area contributed by atoms with Crippen LogP contribution < -0.4 is 14.8 Å². The molecule has 0 fully saturated rings. The minimum Gasteiger partial charge on any atom is -0.494 e. The third-order valence-corrected chi connectivity index (χ3v) is 5.83. The fraction of sp³-hybridized carbons (Fsp3) is 0.350. The second-order valence-electron chi connectivity index (χ2n) is 6.59. The maximum Gasteiger partial charge on any atom is 0.251 e. The summed E-state index contributed by atoms with van der Waals surface area (Å²) in [6.45, 7) is 3.65. The summed E-state index contributed by atoms with van der Waals surface area (Å²) in [7, 11) is -0.855. The number of halogens is 1. The quantitative estimate of drug-likeness (QED) is 0.646. The van der Waals surface area contributed by atoms with Crippen LogP contribution >= 0.6 is 0 Å². The van der Waals surface area contributed by atoms with Gasteiger partial charge in [0.2, 0.25) is 10.0 Å². The van der Waals surface area contributed by atoms with Crippen molar-refractivity contribution in [1.82, 2.24) is 10.0 Å². The minimum atomic E-state index is -3.72. The van der Waals surface area contributed by atoms with Crippen LogP contribution in [0, 0.1) is 5.82 Å². The fourth-order valence-electron chi connectivity index (χ4n) is 2.72. The summed E-state index contributed by atoms with van der Waals surface area (Å²) in [6, 6.07) is 9.16. The molecule has 2 aromatic rings. The molecule has 0 radical (unpaired) electrons. The number of rotatable bonds is 9. The molecular formula is C20H25FN2O5S. The van der Waals surface area contributed by atoms with E-state index in [1.807, 2.05) is 0 Å². The summed E-state index contributed by atoms with van der Waals surface area (Å²) in [5, 5.41) is 2.76. The SMILES string of the molecule is COC[C@H](C)NS(=O)(=O)c1ccc(C(=O)N[C@@H](C)c2ccc(OC)c(F)c2)cc1. The maximum atomic E-state index is 13.9. The van der Waals surface area contributed by atoms with Crippen molar-refractivity contribution in [3.8, 4) is 5.75 Å². The molecule has 2 rings (SSSR count). The van der Waals surface area contributed by atoms with E-state index in [0.717, 1.165) is 0 Å². The summed E-state index contributed by atoms with van der Waals surface area (Å²) in [5.41, 5.74) is 0.863. The zero-order valence-electron chi connectivity index (χ0n) is 16.7. The summed E-state index contributed by atoms with van der Waals surface area (Å²) in [4.78, 5) is 12.5. The van der Waals surface area contributed by atoms with Crippen LogP contribution in [0.1, 0.15) is 35.8 Å². The van der Waals surface area contributed by atoms with Gasteiger partial charge >= 0.3 is 0 Å². The zero-order valence-corrected chi connectivity index (χ0v) is 17.5. The van der Waals surface area contributed by atoms with Crippen molar-refractivity contribution < 1.29 is 27.1 Å². The normalized spacial score (nSPS) is 13.6. The van der Waals surface area contributed by atoms with Crippen molar-refractivity contribution in [1.29, 1.82) is 0 Å². The molecule has 2 N–H and O–H groups in total. The highest BCUT2D eigenvalue weighted by Gasteiger charge is 2.19. The third-order valence-electron chi connectivity index (χ3n) is 4.22. The molecule has 2 atom stereocenters. The molecule has 1 amide bonds. The van der Waals surface area contributed by atoms with Crippen molar-refractivity contribution in [3.05, 3.63) is 59.4 Å². The predicted octanol–water partition coefficient (Wildman–Crippen LogP) is 2.64. The van der Waals surface area contributed by atoms with Crippen molar-refractivity contribution >= 4 is 15.9 Å². The number of hydrogen-bond acceptors (Lipinski definition) is 5. The Balaban J connectivity index is 2.07. The van der Waals surface area contributed by atoms with Crippen LogP contribution in [0.4, 0.5) is 4.39 Å². The highest BCUT2D eigenvalue weighted by Crippen LogP contribution is 2.22. The topological polar surface area (TPSA) is 93.7 Å². The van der Waals surface area contributed by atoms with E-state index >= 15 is 0 Å². The molecule has 9 heteroatoms. The van der Waals surface area contributed by atoms with Crippen molar-refractivity contribution in [2.45, 2.75) is 30.8 Å². The van der Waals surface area contributed by atoms with Crippen molar-refractivity contribution in [2.24, 2.45) is 0 Å². The first kappa shape index (κ1) is 22.8. The summed E-state index contributed by atoms with van der Waals surface area (Å²) >= 11 is 0. The molecular weight excluding hydrogens is 399 g/mol. The first-order valence-corrected chi connectivity index (χ1v) is 10.4. The van der Waals surface area contributed by atoms with Gasteiger partial charge in [-0.15, -0.1) is 0 Å². The molecule has 0 aromatic heterocycles. The lowest BCUT2D eigenvalue weighted by Gasteiger charge is -2.16. The lowest BCUT2D eigenvalue weighted by Crippen LogP contribution is -2.35. The van der Waals surface area contributed by atoms with E-state index in [1.165, 1.54) is 50.6 Å². The number of amides is 1. The zero-order chi connectivity index (χ0) is 21.6. The first-order chi connectivity index (χ1) is 13.7. The second-order valence-corrected chi connectivity index (χ2v) is 8.31. The average Bonchev–Trinajstić information content (AvgIpc) is 2.67. The number of sulfonamides is 1. The predicted molar refractivity (Wildman–Crippen MR) is 107 cm³/mol. The van der Waals surface area contributed by atoms with Crippen molar-refractivity contribution in [2.75, 3.05) is 20.8 Å². The smallest absolute Gasteiger partial charge is 0.251 e. The van der Waals surface area contributed by atoms with Gasteiger partial charge in [-0.25, -0.2) is 17.5 Å². The third kappa shape index (κ3) is 5.99. The highest BCUT2D eigenvalue weighted by atomic mass is 32.2. The highest BCUT2D eigenvalue weighted by molar-refractivity contribution is 7.89. The van der Waals surface area contributed by atoms with Gasteiger partial charge in [0.1, 0.15) is 0 Å². The van der Waals surface area contributed by atoms with Crippen LogP contribution in [-0.4, -0.2) is 41.2 Å². The summed E-state index contributed by atoms with van der Waals surface area (Å²) in [5.74, 6) is -0.799. The molecule has 2 aromatic carbocycles.